The van der Waals surface area contributed by atoms with Crippen LogP contribution in [0.2, 0.25) is 0 Å². The first-order valence-electron chi connectivity index (χ1n) is 6.76. The summed E-state index contributed by atoms with van der Waals surface area (Å²) in [6, 6.07) is 4.38. The van der Waals surface area contributed by atoms with Gasteiger partial charge in [0.25, 0.3) is 0 Å². The number of anilines is 2. The molecule has 116 valence electrons. The van der Waals surface area contributed by atoms with Crippen LogP contribution in [0, 0.1) is 0 Å². The average Bonchev–Trinajstić information content (AvgIpc) is 2.88. The molecule has 8 heteroatoms. The molecule has 2 rings (SSSR count). The minimum Gasteiger partial charge on any atom is -0.397 e. The van der Waals surface area contributed by atoms with Crippen LogP contribution in [0.25, 0.3) is 0 Å². The zero-order valence-electron chi connectivity index (χ0n) is 11.7. The second-order valence-electron chi connectivity index (χ2n) is 5.30. The van der Waals surface area contributed by atoms with Crippen molar-refractivity contribution in [2.24, 2.45) is 10.9 Å². The van der Waals surface area contributed by atoms with Crippen LogP contribution in [0.3, 0.4) is 0 Å². The third kappa shape index (κ3) is 3.64. The predicted molar refractivity (Wildman–Crippen MR) is 81.0 cm³/mol. The third-order valence-electron chi connectivity index (χ3n) is 3.73. The highest BCUT2D eigenvalue weighted by Crippen LogP contribution is 2.33. The number of nitrogen functional groups attached to an aromatic ring is 1. The molecule has 1 aliphatic rings. The van der Waals surface area contributed by atoms with E-state index < -0.39 is 15.9 Å². The number of carbonyl (C=O) groups excluding carboxylic acids is 1. The van der Waals surface area contributed by atoms with E-state index >= 15 is 0 Å². The molecule has 0 aliphatic heterocycles. The lowest BCUT2D eigenvalue weighted by molar-refractivity contribution is -0.116. The Morgan fingerprint density at radius 3 is 2.43 bits per heavy atom. The third-order valence-corrected chi connectivity index (χ3v) is 4.64. The van der Waals surface area contributed by atoms with Crippen LogP contribution in [-0.2, 0) is 14.8 Å². The molecule has 0 spiro atoms. The van der Waals surface area contributed by atoms with E-state index in [2.05, 4.69) is 0 Å². The van der Waals surface area contributed by atoms with Gasteiger partial charge in [-0.3, -0.25) is 4.79 Å². The van der Waals surface area contributed by atoms with Crippen LogP contribution in [-0.4, -0.2) is 26.9 Å². The van der Waals surface area contributed by atoms with Gasteiger partial charge in [0, 0.05) is 6.04 Å². The first-order chi connectivity index (χ1) is 9.79. The minimum absolute atomic E-state index is 0.00292. The van der Waals surface area contributed by atoms with Crippen molar-refractivity contribution in [1.82, 2.24) is 0 Å². The maximum Gasteiger partial charge on any atom is 0.238 e. The van der Waals surface area contributed by atoms with Crippen LogP contribution in [0.5, 0.6) is 0 Å². The highest BCUT2D eigenvalue weighted by atomic mass is 32.2. The van der Waals surface area contributed by atoms with Gasteiger partial charge in [-0.05, 0) is 31.0 Å². The van der Waals surface area contributed by atoms with E-state index in [0.29, 0.717) is 11.4 Å². The second-order valence-corrected chi connectivity index (χ2v) is 6.86. The van der Waals surface area contributed by atoms with Crippen molar-refractivity contribution in [1.29, 1.82) is 0 Å². The summed E-state index contributed by atoms with van der Waals surface area (Å²) in [6.07, 6.45) is 3.97. The molecule has 0 unspecified atom stereocenters. The quantitative estimate of drug-likeness (QED) is 0.666. The monoisotopic (exact) mass is 312 g/mol. The number of amides is 1. The molecular weight excluding hydrogens is 292 g/mol. The maximum atomic E-state index is 11.5. The Bertz CT molecular complexity index is 639. The van der Waals surface area contributed by atoms with E-state index in [1.165, 1.54) is 18.2 Å². The van der Waals surface area contributed by atoms with E-state index in [0.717, 1.165) is 25.7 Å². The largest absolute Gasteiger partial charge is 0.397 e. The fourth-order valence-electron chi connectivity index (χ4n) is 2.74. The molecule has 1 fully saturated rings. The summed E-state index contributed by atoms with van der Waals surface area (Å²) in [4.78, 5) is 13.1. The Balaban J connectivity index is 2.45. The molecular formula is C13H20N4O3S. The van der Waals surface area contributed by atoms with Gasteiger partial charge < -0.3 is 16.4 Å². The number of nitrogens with zero attached hydrogens (tertiary/aromatic N) is 1. The van der Waals surface area contributed by atoms with Gasteiger partial charge in [-0.25, -0.2) is 13.6 Å². The fourth-order valence-corrected chi connectivity index (χ4v) is 3.28. The number of sulfonamides is 1. The highest BCUT2D eigenvalue weighted by molar-refractivity contribution is 7.89. The molecule has 0 heterocycles. The Morgan fingerprint density at radius 1 is 1.29 bits per heavy atom. The normalized spacial score (nSPS) is 16.0. The standard InChI is InChI=1S/C13H20N4O3S/c14-11-6-5-10(21(16,19)20)7-12(11)17(8-13(15)18)9-3-1-2-4-9/h5-7,9H,1-4,8,14H2,(H2,15,18)(H2,16,19,20). The maximum absolute atomic E-state index is 11.5. The van der Waals surface area contributed by atoms with Gasteiger partial charge in [0.2, 0.25) is 15.9 Å². The molecule has 1 saturated carbocycles. The van der Waals surface area contributed by atoms with E-state index in [-0.39, 0.29) is 17.5 Å². The molecule has 0 bridgehead atoms. The van der Waals surface area contributed by atoms with Crippen molar-refractivity contribution in [2.75, 3.05) is 17.2 Å². The van der Waals surface area contributed by atoms with Crippen LogP contribution in [0.15, 0.2) is 23.1 Å². The molecule has 1 aromatic carbocycles. The molecule has 0 atom stereocenters. The Labute approximate surface area is 124 Å². The summed E-state index contributed by atoms with van der Waals surface area (Å²) in [5, 5.41) is 5.15. The zero-order valence-corrected chi connectivity index (χ0v) is 12.5. The van der Waals surface area contributed by atoms with Crippen LogP contribution >= 0.6 is 0 Å². The average molecular weight is 312 g/mol. The van der Waals surface area contributed by atoms with Crippen molar-refractivity contribution >= 4 is 27.3 Å². The highest BCUT2D eigenvalue weighted by Gasteiger charge is 2.26. The summed E-state index contributed by atoms with van der Waals surface area (Å²) < 4.78 is 23.0. The SMILES string of the molecule is NC(=O)CN(c1cc(S(N)(=O)=O)ccc1N)C1CCCC1. The van der Waals surface area contributed by atoms with Gasteiger partial charge in [-0.1, -0.05) is 12.8 Å². The molecule has 0 aromatic heterocycles. The summed E-state index contributed by atoms with van der Waals surface area (Å²) in [6.45, 7) is 0.00292. The molecule has 0 saturated heterocycles. The van der Waals surface area contributed by atoms with E-state index in [4.69, 9.17) is 16.6 Å². The van der Waals surface area contributed by atoms with Crippen molar-refractivity contribution in [3.8, 4) is 0 Å². The molecule has 0 radical (unpaired) electrons. The lowest BCUT2D eigenvalue weighted by atomic mass is 10.1. The lowest BCUT2D eigenvalue weighted by Crippen LogP contribution is -2.40. The lowest BCUT2D eigenvalue weighted by Gasteiger charge is -2.31. The van der Waals surface area contributed by atoms with E-state index in [9.17, 15) is 13.2 Å². The number of benzene rings is 1. The number of nitrogens with two attached hydrogens (primary N) is 3. The van der Waals surface area contributed by atoms with Crippen molar-refractivity contribution in [3.63, 3.8) is 0 Å². The van der Waals surface area contributed by atoms with E-state index in [1.54, 1.807) is 4.90 Å². The first-order valence-corrected chi connectivity index (χ1v) is 8.31. The summed E-state index contributed by atoms with van der Waals surface area (Å²) >= 11 is 0. The summed E-state index contributed by atoms with van der Waals surface area (Å²) in [5.41, 5.74) is 12.1. The van der Waals surface area contributed by atoms with Crippen LogP contribution in [0.4, 0.5) is 11.4 Å². The first kappa shape index (κ1) is 15.6. The zero-order chi connectivity index (χ0) is 15.6. The van der Waals surface area contributed by atoms with Gasteiger partial charge in [0.05, 0.1) is 22.8 Å². The Hall–Kier alpha value is -1.80. The van der Waals surface area contributed by atoms with Gasteiger partial charge >= 0.3 is 0 Å². The number of primary sulfonamides is 1. The van der Waals surface area contributed by atoms with Crippen molar-refractivity contribution in [2.45, 2.75) is 36.6 Å². The van der Waals surface area contributed by atoms with Crippen molar-refractivity contribution in [3.05, 3.63) is 18.2 Å². The molecule has 1 amide bonds. The fraction of sp³-hybridized carbons (Fsp3) is 0.462. The number of carbonyl (C=O) groups is 1. The van der Waals surface area contributed by atoms with Crippen LogP contribution < -0.4 is 21.5 Å². The number of hydrogen-bond acceptors (Lipinski definition) is 5. The predicted octanol–water partition coefficient (Wildman–Crippen LogP) is 0.151. The molecule has 1 aliphatic carbocycles. The molecule has 21 heavy (non-hydrogen) atoms. The smallest absolute Gasteiger partial charge is 0.238 e. The second kappa shape index (κ2) is 5.90. The summed E-state index contributed by atoms with van der Waals surface area (Å²) in [5.74, 6) is -0.484. The number of rotatable bonds is 5. The van der Waals surface area contributed by atoms with Gasteiger partial charge in [-0.15, -0.1) is 0 Å². The number of hydrogen-bond donors (Lipinski definition) is 3. The molecule has 7 nitrogen and oxygen atoms in total. The van der Waals surface area contributed by atoms with Gasteiger partial charge in [-0.2, -0.15) is 0 Å². The van der Waals surface area contributed by atoms with Crippen LogP contribution in [0.1, 0.15) is 25.7 Å². The minimum atomic E-state index is -3.83. The molecule has 6 N–H and O–H groups in total. The Kier molecular flexibility index (Phi) is 4.38. The Morgan fingerprint density at radius 2 is 1.90 bits per heavy atom. The topological polar surface area (TPSA) is 133 Å². The van der Waals surface area contributed by atoms with E-state index in [1.807, 2.05) is 0 Å². The number of primary amides is 1. The van der Waals surface area contributed by atoms with Gasteiger partial charge in [0.1, 0.15) is 0 Å². The van der Waals surface area contributed by atoms with Gasteiger partial charge in [0.15, 0.2) is 0 Å². The molecule has 1 aromatic rings. The van der Waals surface area contributed by atoms with Crippen molar-refractivity contribution < 1.29 is 13.2 Å². The summed E-state index contributed by atoms with van der Waals surface area (Å²) in [7, 11) is -3.83.